The first-order valence-electron chi connectivity index (χ1n) is 9.43. The van der Waals surface area contributed by atoms with Gasteiger partial charge in [-0.25, -0.2) is 4.79 Å². The third kappa shape index (κ3) is 5.82. The molecule has 31 heavy (non-hydrogen) atoms. The molecular weight excluding hydrogens is 442 g/mol. The van der Waals surface area contributed by atoms with E-state index < -0.39 is 5.63 Å². The van der Waals surface area contributed by atoms with Gasteiger partial charge in [0, 0.05) is 23.4 Å². The molecule has 0 fully saturated rings. The summed E-state index contributed by atoms with van der Waals surface area (Å²) < 4.78 is 16.0. The van der Waals surface area contributed by atoms with Crippen LogP contribution in [0.4, 0.5) is 5.13 Å². The molecule has 1 aromatic carbocycles. The number of amides is 1. The molecule has 0 bridgehead atoms. The molecule has 0 unspecified atom stereocenters. The van der Waals surface area contributed by atoms with Crippen molar-refractivity contribution in [3.05, 3.63) is 39.7 Å². The van der Waals surface area contributed by atoms with Gasteiger partial charge in [0.1, 0.15) is 11.3 Å². The van der Waals surface area contributed by atoms with Crippen molar-refractivity contribution in [2.24, 2.45) is 0 Å². The fourth-order valence-electron chi connectivity index (χ4n) is 2.85. The summed E-state index contributed by atoms with van der Waals surface area (Å²) in [5, 5.41) is 11.6. The van der Waals surface area contributed by atoms with Gasteiger partial charge in [-0.3, -0.25) is 9.59 Å². The molecule has 0 aliphatic rings. The fourth-order valence-corrected chi connectivity index (χ4v) is 4.42. The average Bonchev–Trinajstić information content (AvgIpc) is 3.19. The number of aryl methyl sites for hydroxylation is 1. The number of carbonyl (C=O) groups excluding carboxylic acids is 2. The number of hydrogen-bond donors (Lipinski definition) is 1. The van der Waals surface area contributed by atoms with E-state index in [-0.39, 0.29) is 30.5 Å². The maximum atomic E-state index is 12.4. The lowest BCUT2D eigenvalue weighted by Gasteiger charge is -2.08. The van der Waals surface area contributed by atoms with E-state index in [1.54, 1.807) is 26.2 Å². The molecule has 2 aromatic heterocycles. The molecule has 0 spiro atoms. The van der Waals surface area contributed by atoms with Gasteiger partial charge in [-0.1, -0.05) is 23.1 Å². The van der Waals surface area contributed by atoms with Crippen molar-refractivity contribution in [1.29, 1.82) is 0 Å². The summed E-state index contributed by atoms with van der Waals surface area (Å²) in [7, 11) is 1.54. The number of anilines is 1. The minimum Gasteiger partial charge on any atom is -0.497 e. The number of rotatable bonds is 9. The van der Waals surface area contributed by atoms with Crippen LogP contribution in [-0.2, 0) is 20.7 Å². The van der Waals surface area contributed by atoms with Gasteiger partial charge in [0.15, 0.2) is 4.34 Å². The van der Waals surface area contributed by atoms with E-state index in [9.17, 15) is 14.4 Å². The lowest BCUT2D eigenvalue weighted by molar-refractivity contribution is -0.139. The van der Waals surface area contributed by atoms with Crippen molar-refractivity contribution in [2.75, 3.05) is 24.8 Å². The summed E-state index contributed by atoms with van der Waals surface area (Å²) in [6.45, 7) is 3.89. The fraction of sp³-hybridized carbons (Fsp3) is 0.350. The molecule has 11 heteroatoms. The van der Waals surface area contributed by atoms with E-state index in [2.05, 4.69) is 15.5 Å². The molecule has 0 saturated heterocycles. The minimum atomic E-state index is -0.473. The lowest BCUT2D eigenvalue weighted by Crippen LogP contribution is -2.16. The van der Waals surface area contributed by atoms with E-state index in [1.165, 1.54) is 11.8 Å². The van der Waals surface area contributed by atoms with Crippen LogP contribution in [0.3, 0.4) is 0 Å². The van der Waals surface area contributed by atoms with Crippen LogP contribution in [0.15, 0.2) is 31.8 Å². The predicted octanol–water partition coefficient (Wildman–Crippen LogP) is 3.19. The molecule has 0 aliphatic carbocycles. The number of ether oxygens (including phenoxy) is 2. The topological polar surface area (TPSA) is 121 Å². The second-order valence-electron chi connectivity index (χ2n) is 6.37. The molecular formula is C20H21N3O6S2. The Balaban J connectivity index is 1.60. The minimum absolute atomic E-state index is 0.0815. The lowest BCUT2D eigenvalue weighted by atomic mass is 10.0. The number of fused-ring (bicyclic) bond motifs is 1. The summed E-state index contributed by atoms with van der Waals surface area (Å²) in [5.41, 5.74) is 1.20. The highest BCUT2D eigenvalue weighted by Crippen LogP contribution is 2.26. The van der Waals surface area contributed by atoms with Crippen LogP contribution < -0.4 is 15.7 Å². The van der Waals surface area contributed by atoms with Crippen LogP contribution in [-0.4, -0.2) is 41.5 Å². The molecule has 9 nitrogen and oxygen atoms in total. The summed E-state index contributed by atoms with van der Waals surface area (Å²) in [5.74, 6) is 0.0846. The smallest absolute Gasteiger partial charge is 0.339 e. The second kappa shape index (κ2) is 10.4. The van der Waals surface area contributed by atoms with Gasteiger partial charge in [0.05, 0.1) is 19.5 Å². The SMILES string of the molecule is CCOC(=O)CSc1nnc(NC(=O)CCc2c(C)c3ccc(OC)cc3oc2=O)s1. The predicted molar refractivity (Wildman–Crippen MR) is 118 cm³/mol. The Morgan fingerprint density at radius 1 is 1.29 bits per heavy atom. The third-order valence-electron chi connectivity index (χ3n) is 4.37. The van der Waals surface area contributed by atoms with Crippen molar-refractivity contribution < 1.29 is 23.5 Å². The van der Waals surface area contributed by atoms with Crippen LogP contribution in [0, 0.1) is 6.92 Å². The molecule has 1 N–H and O–H groups in total. The van der Waals surface area contributed by atoms with Gasteiger partial charge >= 0.3 is 11.6 Å². The van der Waals surface area contributed by atoms with Crippen molar-refractivity contribution in [2.45, 2.75) is 31.0 Å². The van der Waals surface area contributed by atoms with Crippen molar-refractivity contribution >= 4 is 51.1 Å². The standard InChI is InChI=1S/C20H21N3O6S2/c1-4-28-17(25)10-30-20-23-22-19(31-20)21-16(24)8-7-14-11(2)13-6-5-12(27-3)9-15(13)29-18(14)26/h5-6,9H,4,7-8,10H2,1-3H3,(H,21,22,24). The number of esters is 1. The van der Waals surface area contributed by atoms with Gasteiger partial charge in [-0.05, 0) is 38.0 Å². The number of benzene rings is 1. The van der Waals surface area contributed by atoms with Gasteiger partial charge in [0.25, 0.3) is 0 Å². The van der Waals surface area contributed by atoms with Crippen LogP contribution in [0.1, 0.15) is 24.5 Å². The second-order valence-corrected chi connectivity index (χ2v) is 8.57. The zero-order valence-electron chi connectivity index (χ0n) is 17.2. The number of nitrogens with zero attached hydrogens (tertiary/aromatic N) is 2. The highest BCUT2D eigenvalue weighted by molar-refractivity contribution is 8.01. The highest BCUT2D eigenvalue weighted by Gasteiger charge is 2.15. The number of carbonyl (C=O) groups is 2. The Bertz CT molecular complexity index is 1160. The summed E-state index contributed by atoms with van der Waals surface area (Å²) in [6, 6.07) is 5.28. The van der Waals surface area contributed by atoms with Crippen LogP contribution in [0.5, 0.6) is 5.75 Å². The number of thioether (sulfide) groups is 1. The number of methoxy groups -OCH3 is 1. The molecule has 0 radical (unpaired) electrons. The normalized spacial score (nSPS) is 10.8. The third-order valence-corrected chi connectivity index (χ3v) is 6.31. The Labute approximate surface area is 186 Å². The maximum absolute atomic E-state index is 12.4. The van der Waals surface area contributed by atoms with Gasteiger partial charge in [0.2, 0.25) is 11.0 Å². The first-order valence-corrected chi connectivity index (χ1v) is 11.2. The maximum Gasteiger partial charge on any atom is 0.339 e. The molecule has 1 amide bonds. The van der Waals surface area contributed by atoms with E-state index in [0.717, 1.165) is 22.3 Å². The Morgan fingerprint density at radius 3 is 2.84 bits per heavy atom. The largest absolute Gasteiger partial charge is 0.497 e. The van der Waals surface area contributed by atoms with Gasteiger partial charge in [-0.2, -0.15) is 0 Å². The average molecular weight is 464 g/mol. The molecule has 0 saturated carbocycles. The summed E-state index contributed by atoms with van der Waals surface area (Å²) in [6.07, 6.45) is 0.309. The van der Waals surface area contributed by atoms with Gasteiger partial charge < -0.3 is 19.2 Å². The Morgan fingerprint density at radius 2 is 2.10 bits per heavy atom. The first-order chi connectivity index (χ1) is 14.9. The van der Waals surface area contributed by atoms with Crippen LogP contribution >= 0.6 is 23.1 Å². The number of hydrogen-bond acceptors (Lipinski definition) is 10. The van der Waals surface area contributed by atoms with Crippen molar-refractivity contribution in [1.82, 2.24) is 10.2 Å². The van der Waals surface area contributed by atoms with E-state index in [4.69, 9.17) is 13.9 Å². The van der Waals surface area contributed by atoms with Gasteiger partial charge in [-0.15, -0.1) is 10.2 Å². The van der Waals surface area contributed by atoms with E-state index in [0.29, 0.717) is 33.0 Å². The summed E-state index contributed by atoms with van der Waals surface area (Å²) in [4.78, 5) is 36.1. The van der Waals surface area contributed by atoms with E-state index >= 15 is 0 Å². The highest BCUT2D eigenvalue weighted by atomic mass is 32.2. The van der Waals surface area contributed by atoms with Crippen molar-refractivity contribution in [3.8, 4) is 5.75 Å². The quantitative estimate of drug-likeness (QED) is 0.221. The molecule has 0 aliphatic heterocycles. The number of nitrogens with one attached hydrogen (secondary N) is 1. The Hall–Kier alpha value is -2.92. The molecule has 3 aromatic rings. The molecule has 3 rings (SSSR count). The molecule has 164 valence electrons. The Kier molecular flexibility index (Phi) is 7.64. The monoisotopic (exact) mass is 463 g/mol. The number of aromatic nitrogens is 2. The zero-order valence-corrected chi connectivity index (χ0v) is 18.9. The van der Waals surface area contributed by atoms with Crippen LogP contribution in [0.25, 0.3) is 11.0 Å². The van der Waals surface area contributed by atoms with Crippen LogP contribution in [0.2, 0.25) is 0 Å². The van der Waals surface area contributed by atoms with Crippen molar-refractivity contribution in [3.63, 3.8) is 0 Å². The summed E-state index contributed by atoms with van der Waals surface area (Å²) >= 11 is 2.35. The van der Waals surface area contributed by atoms with E-state index in [1.807, 2.05) is 13.0 Å². The molecule has 2 heterocycles. The zero-order chi connectivity index (χ0) is 22.4. The molecule has 0 atom stereocenters. The first kappa shape index (κ1) is 22.8.